The van der Waals surface area contributed by atoms with Crippen LogP contribution >= 0.6 is 0 Å². The van der Waals surface area contributed by atoms with Crippen LogP contribution < -0.4 is 20.1 Å². The Balaban J connectivity index is 1.56. The molecule has 1 heterocycles. The summed E-state index contributed by atoms with van der Waals surface area (Å²) in [5.74, 6) is 1.58. The molecular formula is C31H36N2O5. The van der Waals surface area contributed by atoms with Crippen LogP contribution in [-0.2, 0) is 17.7 Å². The first-order chi connectivity index (χ1) is 18.4. The van der Waals surface area contributed by atoms with Gasteiger partial charge in [-0.15, -0.1) is 0 Å². The van der Waals surface area contributed by atoms with Crippen LogP contribution in [0.25, 0.3) is 0 Å². The van der Waals surface area contributed by atoms with E-state index in [2.05, 4.69) is 30.5 Å². The van der Waals surface area contributed by atoms with Gasteiger partial charge in [0.25, 0.3) is 11.8 Å². The standard InChI is InChI=1S/C31H36N2O5/c1-20(2)27-18-26(21(3)14-29(27)36-4)19-33-31(35)24-8-9-28-25(17-24)16-22-6-5-7-23(15-22)30(34)32-10-11-37-12-13-38-28/h5-9,14-15,17-18,20H,10-13,16,19H2,1-4H3,(H,32,34)(H,33,35). The molecule has 7 nitrogen and oxygen atoms in total. The lowest BCUT2D eigenvalue weighted by molar-refractivity contribution is 0.0865. The van der Waals surface area contributed by atoms with E-state index in [1.165, 1.54) is 0 Å². The Morgan fingerprint density at radius 1 is 1.08 bits per heavy atom. The number of methoxy groups -OCH3 is 1. The van der Waals surface area contributed by atoms with Gasteiger partial charge in [-0.2, -0.15) is 0 Å². The van der Waals surface area contributed by atoms with Crippen molar-refractivity contribution in [3.8, 4) is 11.5 Å². The van der Waals surface area contributed by atoms with Gasteiger partial charge in [0.05, 0.1) is 20.3 Å². The minimum Gasteiger partial charge on any atom is -0.496 e. The van der Waals surface area contributed by atoms with Gasteiger partial charge in [-0.05, 0) is 83.1 Å². The maximum Gasteiger partial charge on any atom is 0.251 e. The van der Waals surface area contributed by atoms with E-state index < -0.39 is 0 Å². The number of carbonyl (C=O) groups is 2. The smallest absolute Gasteiger partial charge is 0.251 e. The van der Waals surface area contributed by atoms with Gasteiger partial charge >= 0.3 is 0 Å². The normalized spacial score (nSPS) is 14.1. The molecular weight excluding hydrogens is 480 g/mol. The topological polar surface area (TPSA) is 85.9 Å². The monoisotopic (exact) mass is 516 g/mol. The molecule has 0 unspecified atom stereocenters. The summed E-state index contributed by atoms with van der Waals surface area (Å²) in [6.07, 6.45) is 0.522. The van der Waals surface area contributed by atoms with Crippen molar-refractivity contribution in [2.24, 2.45) is 0 Å². The van der Waals surface area contributed by atoms with E-state index >= 15 is 0 Å². The number of ether oxygens (including phenoxy) is 3. The van der Waals surface area contributed by atoms with Crippen LogP contribution in [0.1, 0.15) is 68.3 Å². The predicted molar refractivity (Wildman–Crippen MR) is 147 cm³/mol. The van der Waals surface area contributed by atoms with Crippen LogP contribution in [0.15, 0.2) is 54.6 Å². The van der Waals surface area contributed by atoms with Crippen molar-refractivity contribution in [1.82, 2.24) is 10.6 Å². The summed E-state index contributed by atoms with van der Waals surface area (Å²) < 4.78 is 17.1. The number of fused-ring (bicyclic) bond motifs is 3. The Labute approximate surface area is 224 Å². The number of amides is 2. The third-order valence-electron chi connectivity index (χ3n) is 6.67. The van der Waals surface area contributed by atoms with Crippen LogP contribution in [0.4, 0.5) is 0 Å². The number of benzene rings is 3. The zero-order chi connectivity index (χ0) is 27.1. The lowest BCUT2D eigenvalue weighted by Crippen LogP contribution is -2.28. The molecule has 3 aromatic rings. The molecule has 0 radical (unpaired) electrons. The Bertz CT molecular complexity index is 1300. The molecule has 0 aliphatic carbocycles. The van der Waals surface area contributed by atoms with E-state index in [1.54, 1.807) is 19.2 Å². The molecule has 0 saturated carbocycles. The number of rotatable bonds is 5. The maximum absolute atomic E-state index is 13.2. The summed E-state index contributed by atoms with van der Waals surface area (Å²) in [4.78, 5) is 25.7. The van der Waals surface area contributed by atoms with Crippen molar-refractivity contribution in [3.63, 3.8) is 0 Å². The lowest BCUT2D eigenvalue weighted by atomic mass is 9.96. The minimum atomic E-state index is -0.162. The molecule has 2 bridgehead atoms. The van der Waals surface area contributed by atoms with Crippen molar-refractivity contribution in [3.05, 3.63) is 93.5 Å². The van der Waals surface area contributed by atoms with Crippen LogP contribution in [0.2, 0.25) is 0 Å². The van der Waals surface area contributed by atoms with Gasteiger partial charge in [0.2, 0.25) is 0 Å². The molecule has 4 rings (SSSR count). The van der Waals surface area contributed by atoms with E-state index in [4.69, 9.17) is 14.2 Å². The molecule has 0 spiro atoms. The quantitative estimate of drug-likeness (QED) is 0.510. The summed E-state index contributed by atoms with van der Waals surface area (Å²) in [5, 5.41) is 5.94. The van der Waals surface area contributed by atoms with E-state index in [-0.39, 0.29) is 11.8 Å². The van der Waals surface area contributed by atoms with Gasteiger partial charge in [-0.1, -0.05) is 26.0 Å². The summed E-state index contributed by atoms with van der Waals surface area (Å²) in [7, 11) is 1.68. The van der Waals surface area contributed by atoms with Gasteiger partial charge in [0, 0.05) is 30.6 Å². The number of hydrogen-bond donors (Lipinski definition) is 2. The first-order valence-corrected chi connectivity index (χ1v) is 13.0. The number of hydrogen-bond acceptors (Lipinski definition) is 5. The molecule has 0 fully saturated rings. The van der Waals surface area contributed by atoms with Crippen LogP contribution in [0.3, 0.4) is 0 Å². The van der Waals surface area contributed by atoms with Crippen LogP contribution in [-0.4, -0.2) is 45.3 Å². The zero-order valence-electron chi connectivity index (χ0n) is 22.6. The number of aryl methyl sites for hydroxylation is 1. The average molecular weight is 517 g/mol. The number of nitrogens with one attached hydrogen (secondary N) is 2. The summed E-state index contributed by atoms with van der Waals surface area (Å²) in [6.45, 7) is 8.32. The Morgan fingerprint density at radius 3 is 2.71 bits per heavy atom. The molecule has 2 N–H and O–H groups in total. The van der Waals surface area contributed by atoms with Crippen molar-refractivity contribution in [2.45, 2.75) is 39.7 Å². The zero-order valence-corrected chi connectivity index (χ0v) is 22.6. The van der Waals surface area contributed by atoms with Crippen molar-refractivity contribution in [2.75, 3.05) is 33.5 Å². The molecule has 0 atom stereocenters. The Hall–Kier alpha value is -3.84. The second-order valence-corrected chi connectivity index (χ2v) is 9.77. The molecule has 3 aromatic carbocycles. The van der Waals surface area contributed by atoms with E-state index in [1.807, 2.05) is 43.3 Å². The molecule has 2 amide bonds. The fraction of sp³-hybridized carbons (Fsp3) is 0.355. The highest BCUT2D eigenvalue weighted by atomic mass is 16.5. The Morgan fingerprint density at radius 2 is 1.92 bits per heavy atom. The van der Waals surface area contributed by atoms with E-state index in [9.17, 15) is 9.59 Å². The Kier molecular flexibility index (Phi) is 9.02. The summed E-state index contributed by atoms with van der Waals surface area (Å²) >= 11 is 0. The van der Waals surface area contributed by atoms with Gasteiger partial charge < -0.3 is 24.8 Å². The highest BCUT2D eigenvalue weighted by Crippen LogP contribution is 2.30. The fourth-order valence-corrected chi connectivity index (χ4v) is 4.53. The van der Waals surface area contributed by atoms with Crippen molar-refractivity contribution in [1.29, 1.82) is 0 Å². The molecule has 38 heavy (non-hydrogen) atoms. The van der Waals surface area contributed by atoms with Gasteiger partial charge in [0.15, 0.2) is 0 Å². The van der Waals surface area contributed by atoms with E-state index in [0.717, 1.165) is 33.6 Å². The van der Waals surface area contributed by atoms with Crippen molar-refractivity contribution < 1.29 is 23.8 Å². The van der Waals surface area contributed by atoms with Crippen LogP contribution in [0, 0.1) is 6.92 Å². The third-order valence-corrected chi connectivity index (χ3v) is 6.67. The van der Waals surface area contributed by atoms with Gasteiger partial charge in [-0.25, -0.2) is 0 Å². The van der Waals surface area contributed by atoms with Crippen molar-refractivity contribution >= 4 is 11.8 Å². The highest BCUT2D eigenvalue weighted by molar-refractivity contribution is 5.95. The largest absolute Gasteiger partial charge is 0.496 e. The van der Waals surface area contributed by atoms with Gasteiger partial charge in [-0.3, -0.25) is 9.59 Å². The average Bonchev–Trinajstić information content (AvgIpc) is 2.91. The second-order valence-electron chi connectivity index (χ2n) is 9.77. The third kappa shape index (κ3) is 6.72. The first-order valence-electron chi connectivity index (χ1n) is 13.0. The van der Waals surface area contributed by atoms with Gasteiger partial charge in [0.1, 0.15) is 18.1 Å². The maximum atomic E-state index is 13.2. The molecule has 7 heteroatoms. The first kappa shape index (κ1) is 27.2. The fourth-order valence-electron chi connectivity index (χ4n) is 4.53. The molecule has 200 valence electrons. The highest BCUT2D eigenvalue weighted by Gasteiger charge is 2.15. The molecule has 0 aromatic heterocycles. The minimum absolute atomic E-state index is 0.133. The SMILES string of the molecule is COc1cc(C)c(CNC(=O)c2ccc3c(c2)Cc2cccc(c2)C(=O)NCCOCCO3)cc1C(C)C. The number of carbonyl (C=O) groups excluding carboxylic acids is 2. The second kappa shape index (κ2) is 12.6. The molecule has 0 saturated heterocycles. The van der Waals surface area contributed by atoms with E-state index in [0.29, 0.717) is 62.1 Å². The predicted octanol–water partition coefficient (Wildman–Crippen LogP) is 4.79. The lowest BCUT2D eigenvalue weighted by Gasteiger charge is -2.17. The summed E-state index contributed by atoms with van der Waals surface area (Å²) in [5.41, 5.74) is 6.21. The molecule has 1 aliphatic rings. The molecule has 1 aliphatic heterocycles. The van der Waals surface area contributed by atoms with Crippen LogP contribution in [0.5, 0.6) is 11.5 Å². The summed E-state index contributed by atoms with van der Waals surface area (Å²) in [6, 6.07) is 17.1.